The second kappa shape index (κ2) is 3.63. The molecule has 1 saturated heterocycles. The smallest absolute Gasteiger partial charge is 0.141 e. The SMILES string of the molecule is C[C@H]1CC[C@H]([S+](C)C)CO1. The average molecular weight is 161 g/mol. The van der Waals surface area contributed by atoms with Crippen molar-refractivity contribution in [3.05, 3.63) is 0 Å². The third-order valence-electron chi connectivity index (χ3n) is 2.13. The summed E-state index contributed by atoms with van der Waals surface area (Å²) >= 11 is 0. The lowest BCUT2D eigenvalue weighted by Crippen LogP contribution is -2.32. The van der Waals surface area contributed by atoms with E-state index >= 15 is 0 Å². The molecule has 0 radical (unpaired) electrons. The van der Waals surface area contributed by atoms with E-state index in [0.717, 1.165) is 11.9 Å². The predicted molar refractivity (Wildman–Crippen MR) is 47.6 cm³/mol. The maximum absolute atomic E-state index is 5.56. The summed E-state index contributed by atoms with van der Waals surface area (Å²) in [5.41, 5.74) is 0. The van der Waals surface area contributed by atoms with E-state index in [2.05, 4.69) is 19.4 Å². The zero-order chi connectivity index (χ0) is 7.56. The molecule has 0 bridgehead atoms. The van der Waals surface area contributed by atoms with E-state index < -0.39 is 0 Å². The number of hydrogen-bond donors (Lipinski definition) is 0. The van der Waals surface area contributed by atoms with Crippen molar-refractivity contribution in [2.45, 2.75) is 31.1 Å². The molecule has 1 aliphatic heterocycles. The van der Waals surface area contributed by atoms with Gasteiger partial charge in [0, 0.05) is 0 Å². The summed E-state index contributed by atoms with van der Waals surface area (Å²) in [6.45, 7) is 3.16. The molecule has 0 aliphatic carbocycles. The first kappa shape index (κ1) is 8.41. The summed E-state index contributed by atoms with van der Waals surface area (Å²) in [6.07, 6.45) is 7.76. The topological polar surface area (TPSA) is 9.23 Å². The fourth-order valence-electron chi connectivity index (χ4n) is 1.23. The molecule has 10 heavy (non-hydrogen) atoms. The van der Waals surface area contributed by atoms with Crippen LogP contribution in [0.25, 0.3) is 0 Å². The summed E-state index contributed by atoms with van der Waals surface area (Å²) in [5.74, 6) is 0. The van der Waals surface area contributed by atoms with Gasteiger partial charge in [0.25, 0.3) is 0 Å². The van der Waals surface area contributed by atoms with Crippen LogP contribution in [0.5, 0.6) is 0 Å². The molecular weight excluding hydrogens is 144 g/mol. The molecule has 0 spiro atoms. The molecule has 0 amide bonds. The normalized spacial score (nSPS) is 34.8. The minimum atomic E-state index is 0.514. The first-order chi connectivity index (χ1) is 4.70. The average Bonchev–Trinajstić information content (AvgIpc) is 1.88. The zero-order valence-corrected chi connectivity index (χ0v) is 7.91. The highest BCUT2D eigenvalue weighted by Gasteiger charge is 2.27. The summed E-state index contributed by atoms with van der Waals surface area (Å²) in [6, 6.07) is 0. The van der Waals surface area contributed by atoms with E-state index in [1.165, 1.54) is 12.8 Å². The second-order valence-corrected chi connectivity index (χ2v) is 5.65. The Bertz CT molecular complexity index is 95.4. The largest absolute Gasteiger partial charge is 0.373 e. The van der Waals surface area contributed by atoms with Gasteiger partial charge in [-0.05, 0) is 30.7 Å². The first-order valence-corrected chi connectivity index (χ1v) is 5.98. The Morgan fingerprint density at radius 1 is 1.30 bits per heavy atom. The molecule has 1 nitrogen and oxygen atoms in total. The van der Waals surface area contributed by atoms with Crippen molar-refractivity contribution in [1.29, 1.82) is 0 Å². The van der Waals surface area contributed by atoms with Crippen molar-refractivity contribution in [3.8, 4) is 0 Å². The first-order valence-electron chi connectivity index (χ1n) is 3.88. The van der Waals surface area contributed by atoms with Gasteiger partial charge in [0.05, 0.1) is 25.2 Å². The van der Waals surface area contributed by atoms with Crippen LogP contribution in [0.3, 0.4) is 0 Å². The van der Waals surface area contributed by atoms with E-state index in [1.54, 1.807) is 0 Å². The Morgan fingerprint density at radius 3 is 2.40 bits per heavy atom. The number of hydrogen-bond acceptors (Lipinski definition) is 1. The third-order valence-corrected chi connectivity index (χ3v) is 3.83. The van der Waals surface area contributed by atoms with Crippen LogP contribution < -0.4 is 0 Å². The summed E-state index contributed by atoms with van der Waals surface area (Å²) < 4.78 is 5.56. The van der Waals surface area contributed by atoms with Gasteiger partial charge in [0.1, 0.15) is 5.25 Å². The van der Waals surface area contributed by atoms with Crippen molar-refractivity contribution >= 4 is 10.9 Å². The van der Waals surface area contributed by atoms with Crippen molar-refractivity contribution in [3.63, 3.8) is 0 Å². The molecule has 0 unspecified atom stereocenters. The molecule has 0 aromatic carbocycles. The molecule has 0 aromatic heterocycles. The standard InChI is InChI=1S/C8H17OS/c1-7-4-5-8(6-9-7)10(2)3/h7-8H,4-6H2,1-3H3/q+1/t7-,8-/m0/s1. The Kier molecular flexibility index (Phi) is 3.05. The van der Waals surface area contributed by atoms with Crippen molar-refractivity contribution in [2.75, 3.05) is 19.1 Å². The molecule has 1 heterocycles. The summed E-state index contributed by atoms with van der Waals surface area (Å²) in [4.78, 5) is 0. The summed E-state index contributed by atoms with van der Waals surface area (Å²) in [7, 11) is 0.558. The highest BCUT2D eigenvalue weighted by molar-refractivity contribution is 7.96. The van der Waals surface area contributed by atoms with Crippen molar-refractivity contribution < 1.29 is 4.74 Å². The molecule has 0 aromatic rings. The predicted octanol–water partition coefficient (Wildman–Crippen LogP) is 1.43. The second-order valence-electron chi connectivity index (χ2n) is 3.22. The van der Waals surface area contributed by atoms with Gasteiger partial charge in [-0.15, -0.1) is 0 Å². The van der Waals surface area contributed by atoms with E-state index in [0.29, 0.717) is 17.0 Å². The van der Waals surface area contributed by atoms with Crippen LogP contribution in [0.1, 0.15) is 19.8 Å². The maximum Gasteiger partial charge on any atom is 0.141 e. The maximum atomic E-state index is 5.56. The van der Waals surface area contributed by atoms with Crippen LogP contribution in [-0.4, -0.2) is 30.5 Å². The summed E-state index contributed by atoms with van der Waals surface area (Å²) in [5, 5.41) is 0.844. The van der Waals surface area contributed by atoms with Crippen LogP contribution in [0.4, 0.5) is 0 Å². The van der Waals surface area contributed by atoms with Crippen LogP contribution >= 0.6 is 0 Å². The van der Waals surface area contributed by atoms with Gasteiger partial charge < -0.3 is 4.74 Å². The van der Waals surface area contributed by atoms with Crippen LogP contribution in [-0.2, 0) is 15.6 Å². The lowest BCUT2D eigenvalue weighted by atomic mass is 10.1. The minimum Gasteiger partial charge on any atom is -0.373 e. The van der Waals surface area contributed by atoms with Crippen LogP contribution in [0, 0.1) is 0 Å². The van der Waals surface area contributed by atoms with Crippen molar-refractivity contribution in [2.24, 2.45) is 0 Å². The van der Waals surface area contributed by atoms with Crippen LogP contribution in [0.2, 0.25) is 0 Å². The fraction of sp³-hybridized carbons (Fsp3) is 1.00. The van der Waals surface area contributed by atoms with Gasteiger partial charge in [-0.25, -0.2) is 0 Å². The Morgan fingerprint density at radius 2 is 2.00 bits per heavy atom. The van der Waals surface area contributed by atoms with Gasteiger partial charge in [0.15, 0.2) is 0 Å². The van der Waals surface area contributed by atoms with Crippen LogP contribution in [0.15, 0.2) is 0 Å². The zero-order valence-electron chi connectivity index (χ0n) is 7.09. The quantitative estimate of drug-likeness (QED) is 0.529. The highest BCUT2D eigenvalue weighted by atomic mass is 32.2. The van der Waals surface area contributed by atoms with E-state index in [4.69, 9.17) is 4.74 Å². The lowest BCUT2D eigenvalue weighted by Gasteiger charge is -2.24. The molecule has 1 aliphatic rings. The molecule has 60 valence electrons. The minimum absolute atomic E-state index is 0.514. The van der Waals surface area contributed by atoms with E-state index in [-0.39, 0.29) is 0 Å². The molecule has 1 fully saturated rings. The van der Waals surface area contributed by atoms with E-state index in [1.807, 2.05) is 0 Å². The van der Waals surface area contributed by atoms with Gasteiger partial charge in [-0.3, -0.25) is 0 Å². The fourth-order valence-corrected chi connectivity index (χ4v) is 2.19. The van der Waals surface area contributed by atoms with Gasteiger partial charge >= 0.3 is 0 Å². The molecule has 2 atom stereocenters. The van der Waals surface area contributed by atoms with Gasteiger partial charge in [-0.1, -0.05) is 0 Å². The number of ether oxygens (including phenoxy) is 1. The molecular formula is C8H17OS+. The monoisotopic (exact) mass is 161 g/mol. The Labute approximate surface area is 66.5 Å². The number of rotatable bonds is 1. The molecule has 0 saturated carbocycles. The molecule has 1 rings (SSSR count). The molecule has 0 N–H and O–H groups in total. The third kappa shape index (κ3) is 2.17. The van der Waals surface area contributed by atoms with Crippen molar-refractivity contribution in [1.82, 2.24) is 0 Å². The molecule has 2 heteroatoms. The lowest BCUT2D eigenvalue weighted by molar-refractivity contribution is 0.0319. The van der Waals surface area contributed by atoms with E-state index in [9.17, 15) is 0 Å². The highest BCUT2D eigenvalue weighted by Crippen LogP contribution is 2.18. The Hall–Kier alpha value is 0.310. The van der Waals surface area contributed by atoms with Gasteiger partial charge in [0.2, 0.25) is 0 Å². The Balaban J connectivity index is 2.26. The van der Waals surface area contributed by atoms with Gasteiger partial charge in [-0.2, -0.15) is 0 Å².